The second-order valence-electron chi connectivity index (χ2n) is 7.63. The van der Waals surface area contributed by atoms with E-state index in [4.69, 9.17) is 4.74 Å². The van der Waals surface area contributed by atoms with Gasteiger partial charge in [0.2, 0.25) is 0 Å². The molecule has 0 bridgehead atoms. The molecular weight excluding hydrogens is 408 g/mol. The van der Waals surface area contributed by atoms with Gasteiger partial charge in [0.1, 0.15) is 11.8 Å². The van der Waals surface area contributed by atoms with Crippen molar-refractivity contribution in [2.75, 3.05) is 17.3 Å². The molecule has 31 heavy (non-hydrogen) atoms. The molecule has 2 aliphatic rings. The van der Waals surface area contributed by atoms with Crippen molar-refractivity contribution < 1.29 is 14.3 Å². The summed E-state index contributed by atoms with van der Waals surface area (Å²) in [5.41, 5.74) is 3.78. The number of carbonyl (C=O) groups excluding carboxylic acids is 2. The molecule has 1 aliphatic heterocycles. The second kappa shape index (κ2) is 8.04. The van der Waals surface area contributed by atoms with E-state index in [1.807, 2.05) is 41.8 Å². The van der Waals surface area contributed by atoms with Crippen LogP contribution in [0.3, 0.4) is 0 Å². The normalized spacial score (nSPS) is 18.0. The van der Waals surface area contributed by atoms with Gasteiger partial charge >= 0.3 is 0 Å². The highest BCUT2D eigenvalue weighted by Gasteiger charge is 2.40. The Kier molecular flexibility index (Phi) is 5.08. The molecule has 0 radical (unpaired) electrons. The van der Waals surface area contributed by atoms with Crippen molar-refractivity contribution >= 4 is 34.4 Å². The van der Waals surface area contributed by atoms with Gasteiger partial charge in [-0.15, -0.1) is 11.3 Å². The van der Waals surface area contributed by atoms with Gasteiger partial charge in [-0.3, -0.25) is 14.5 Å². The van der Waals surface area contributed by atoms with Crippen LogP contribution in [0.1, 0.15) is 40.5 Å². The number of anilines is 2. The number of para-hydroxylation sites is 2. The van der Waals surface area contributed by atoms with Crippen LogP contribution >= 0.6 is 11.3 Å². The monoisotopic (exact) mass is 430 g/mol. The lowest BCUT2D eigenvalue weighted by atomic mass is 9.88. The van der Waals surface area contributed by atoms with Gasteiger partial charge in [0, 0.05) is 28.1 Å². The molecule has 1 aliphatic carbocycles. The Morgan fingerprint density at radius 3 is 2.61 bits per heavy atom. The van der Waals surface area contributed by atoms with Crippen molar-refractivity contribution in [2.24, 2.45) is 0 Å². The maximum absolute atomic E-state index is 13.9. The zero-order valence-electron chi connectivity index (χ0n) is 17.1. The average Bonchev–Trinajstić information content (AvgIpc) is 3.28. The Labute approximate surface area is 185 Å². The summed E-state index contributed by atoms with van der Waals surface area (Å²) in [7, 11) is 1.60. The van der Waals surface area contributed by atoms with Crippen molar-refractivity contribution in [3.05, 3.63) is 87.8 Å². The number of hydrogen-bond acceptors (Lipinski definition) is 5. The van der Waals surface area contributed by atoms with E-state index < -0.39 is 6.04 Å². The number of rotatable bonds is 3. The zero-order valence-corrected chi connectivity index (χ0v) is 17.9. The molecule has 1 amide bonds. The first-order valence-electron chi connectivity index (χ1n) is 10.3. The van der Waals surface area contributed by atoms with Gasteiger partial charge in [-0.1, -0.05) is 18.2 Å². The van der Waals surface area contributed by atoms with Crippen LogP contribution in [0.4, 0.5) is 11.4 Å². The van der Waals surface area contributed by atoms with Crippen LogP contribution in [0.15, 0.2) is 77.3 Å². The Morgan fingerprint density at radius 1 is 1.06 bits per heavy atom. The first kappa shape index (κ1) is 19.6. The number of Topliss-reactive ketones (excluding diaryl/α,β-unsaturated/α-hetero) is 1. The molecule has 0 unspecified atom stereocenters. The second-order valence-corrected chi connectivity index (χ2v) is 8.61. The summed E-state index contributed by atoms with van der Waals surface area (Å²) in [5, 5.41) is 5.48. The molecule has 1 aromatic heterocycles. The van der Waals surface area contributed by atoms with E-state index in [9.17, 15) is 9.59 Å². The number of allylic oxidation sites excluding steroid dienone is 1. The molecule has 3 aromatic rings. The SMILES string of the molecule is COc1ccc(C(=O)N2c3ccccc3NC3=C(C(=O)CCC3)[C@H]2c2cccs2)cc1. The number of hydrogen-bond donors (Lipinski definition) is 1. The number of thiophene rings is 1. The lowest BCUT2D eigenvalue weighted by Gasteiger charge is -2.33. The van der Waals surface area contributed by atoms with Gasteiger partial charge < -0.3 is 10.1 Å². The molecule has 1 N–H and O–H groups in total. The van der Waals surface area contributed by atoms with E-state index in [2.05, 4.69) is 5.32 Å². The van der Waals surface area contributed by atoms with Gasteiger partial charge in [0.15, 0.2) is 5.78 Å². The van der Waals surface area contributed by atoms with Crippen molar-refractivity contribution in [3.63, 3.8) is 0 Å². The van der Waals surface area contributed by atoms with E-state index in [0.717, 1.165) is 34.8 Å². The topological polar surface area (TPSA) is 58.6 Å². The number of fused-ring (bicyclic) bond motifs is 1. The van der Waals surface area contributed by atoms with Gasteiger partial charge in [0.05, 0.1) is 18.5 Å². The molecule has 6 heteroatoms. The van der Waals surface area contributed by atoms with E-state index in [-0.39, 0.29) is 11.7 Å². The fourth-order valence-electron chi connectivity index (χ4n) is 4.35. The molecule has 5 rings (SSSR count). The minimum Gasteiger partial charge on any atom is -0.497 e. The number of methoxy groups -OCH3 is 1. The highest BCUT2D eigenvalue weighted by Crippen LogP contribution is 2.46. The van der Waals surface area contributed by atoms with Crippen LogP contribution in [0.2, 0.25) is 0 Å². The van der Waals surface area contributed by atoms with E-state index in [1.165, 1.54) is 0 Å². The summed E-state index contributed by atoms with van der Waals surface area (Å²) in [6.45, 7) is 0. The van der Waals surface area contributed by atoms with E-state index in [1.54, 1.807) is 47.6 Å². The molecular formula is C25H22N2O3S. The van der Waals surface area contributed by atoms with Gasteiger partial charge in [-0.25, -0.2) is 0 Å². The molecule has 0 fully saturated rings. The fourth-order valence-corrected chi connectivity index (χ4v) is 5.17. The first-order chi connectivity index (χ1) is 15.2. The quantitative estimate of drug-likeness (QED) is 0.590. The molecule has 0 saturated carbocycles. The van der Waals surface area contributed by atoms with Crippen LogP contribution in [-0.4, -0.2) is 18.8 Å². The molecule has 1 atom stereocenters. The average molecular weight is 431 g/mol. The van der Waals surface area contributed by atoms with Gasteiger partial charge in [-0.05, 0) is 60.7 Å². The summed E-state index contributed by atoms with van der Waals surface area (Å²) in [6, 6.07) is 18.4. The number of ether oxygens (including phenoxy) is 1. The molecule has 0 saturated heterocycles. The smallest absolute Gasteiger partial charge is 0.259 e. The maximum atomic E-state index is 13.9. The van der Waals surface area contributed by atoms with Gasteiger partial charge in [0.25, 0.3) is 5.91 Å². The van der Waals surface area contributed by atoms with Gasteiger partial charge in [-0.2, -0.15) is 0 Å². The van der Waals surface area contributed by atoms with Crippen LogP contribution in [0.25, 0.3) is 0 Å². The molecule has 2 heterocycles. The third-order valence-corrected chi connectivity index (χ3v) is 6.73. The molecule has 2 aromatic carbocycles. The maximum Gasteiger partial charge on any atom is 0.259 e. The Morgan fingerprint density at radius 2 is 1.87 bits per heavy atom. The van der Waals surface area contributed by atoms with Crippen molar-refractivity contribution in [1.29, 1.82) is 0 Å². The largest absolute Gasteiger partial charge is 0.497 e. The number of carbonyl (C=O) groups is 2. The third kappa shape index (κ3) is 3.43. The summed E-state index contributed by atoms with van der Waals surface area (Å²) < 4.78 is 5.25. The number of benzene rings is 2. The lowest BCUT2D eigenvalue weighted by molar-refractivity contribution is -0.116. The van der Waals surface area contributed by atoms with Crippen LogP contribution < -0.4 is 15.0 Å². The van der Waals surface area contributed by atoms with Crippen molar-refractivity contribution in [1.82, 2.24) is 0 Å². The summed E-state index contributed by atoms with van der Waals surface area (Å²) in [6.07, 6.45) is 2.11. The highest BCUT2D eigenvalue weighted by atomic mass is 32.1. The first-order valence-corrected chi connectivity index (χ1v) is 11.2. The fraction of sp³-hybridized carbons (Fsp3) is 0.200. The van der Waals surface area contributed by atoms with Crippen LogP contribution in [0, 0.1) is 0 Å². The molecule has 5 nitrogen and oxygen atoms in total. The Hall–Kier alpha value is -3.38. The number of nitrogens with zero attached hydrogens (tertiary/aromatic N) is 1. The van der Waals surface area contributed by atoms with Crippen LogP contribution in [-0.2, 0) is 4.79 Å². The lowest BCUT2D eigenvalue weighted by Crippen LogP contribution is -2.37. The highest BCUT2D eigenvalue weighted by molar-refractivity contribution is 7.10. The standard InChI is InChI=1S/C25H22N2O3S/c1-30-17-13-11-16(12-14-17)25(29)27-20-8-3-2-6-18(20)26-19-7-4-9-21(28)23(19)24(27)22-10-5-15-31-22/h2-3,5-6,8,10-15,24,26H,4,7,9H2,1H3/t24-/m1/s1. The van der Waals surface area contributed by atoms with E-state index >= 15 is 0 Å². The van der Waals surface area contributed by atoms with Crippen molar-refractivity contribution in [3.8, 4) is 5.75 Å². The molecule has 156 valence electrons. The number of amides is 1. The Bertz CT molecular complexity index is 1170. The summed E-state index contributed by atoms with van der Waals surface area (Å²) in [5.74, 6) is 0.645. The van der Waals surface area contributed by atoms with E-state index in [0.29, 0.717) is 23.3 Å². The van der Waals surface area contributed by atoms with Crippen molar-refractivity contribution in [2.45, 2.75) is 25.3 Å². The summed E-state index contributed by atoms with van der Waals surface area (Å²) in [4.78, 5) is 29.9. The minimum absolute atomic E-state index is 0.104. The summed E-state index contributed by atoms with van der Waals surface area (Å²) >= 11 is 1.57. The number of nitrogens with one attached hydrogen (secondary N) is 1. The Balaban J connectivity index is 1.73. The minimum atomic E-state index is -0.464. The van der Waals surface area contributed by atoms with Crippen LogP contribution in [0.5, 0.6) is 5.75 Å². The predicted molar refractivity (Wildman–Crippen MR) is 123 cm³/mol. The third-order valence-electron chi connectivity index (χ3n) is 5.81. The zero-order chi connectivity index (χ0) is 21.4. The molecule has 0 spiro atoms. The predicted octanol–water partition coefficient (Wildman–Crippen LogP) is 5.58. The number of ketones is 1.